The van der Waals surface area contributed by atoms with E-state index in [4.69, 9.17) is 13.9 Å². The minimum atomic E-state index is -3.89. The van der Waals surface area contributed by atoms with Crippen molar-refractivity contribution in [2.24, 2.45) is 0 Å². The minimum Gasteiger partial charge on any atom is -0.493 e. The molecule has 32 heavy (non-hydrogen) atoms. The third-order valence-electron chi connectivity index (χ3n) is 5.10. The van der Waals surface area contributed by atoms with Gasteiger partial charge in [-0.3, -0.25) is 4.79 Å². The molecular weight excluding hydrogens is 434 g/mol. The lowest BCUT2D eigenvalue weighted by atomic mass is 10.1. The molecule has 0 radical (unpaired) electrons. The quantitative estimate of drug-likeness (QED) is 0.410. The highest BCUT2D eigenvalue weighted by molar-refractivity contribution is 7.89. The van der Waals surface area contributed by atoms with Crippen LogP contribution in [0.4, 0.5) is 0 Å². The Labute approximate surface area is 185 Å². The van der Waals surface area contributed by atoms with E-state index in [1.54, 1.807) is 37.3 Å². The van der Waals surface area contributed by atoms with Gasteiger partial charge in [-0.15, -0.1) is 0 Å². The molecule has 2 aromatic carbocycles. The van der Waals surface area contributed by atoms with Crippen LogP contribution >= 0.6 is 0 Å². The molecule has 0 unspecified atom stereocenters. The Kier molecular flexibility index (Phi) is 6.11. The van der Waals surface area contributed by atoms with Gasteiger partial charge >= 0.3 is 5.97 Å². The average molecular weight is 455 g/mol. The summed E-state index contributed by atoms with van der Waals surface area (Å²) in [5.41, 5.74) is 1.97. The number of aryl methyl sites for hydroxylation is 1. The normalized spacial score (nSPS) is 12.8. The number of rotatable bonds is 8. The predicted molar refractivity (Wildman–Crippen MR) is 114 cm³/mol. The lowest BCUT2D eigenvalue weighted by molar-refractivity contribution is 0.0473. The number of esters is 1. The van der Waals surface area contributed by atoms with Gasteiger partial charge in [-0.2, -0.15) is 0 Å². The Morgan fingerprint density at radius 2 is 1.97 bits per heavy atom. The molecule has 0 fully saturated rings. The number of hydrogen-bond acceptors (Lipinski definition) is 7. The Morgan fingerprint density at radius 3 is 2.75 bits per heavy atom. The van der Waals surface area contributed by atoms with E-state index in [0.717, 1.165) is 17.7 Å². The second-order valence-electron chi connectivity index (χ2n) is 7.30. The number of Topliss-reactive ketones (excluding diaryl/α,β-unsaturated/α-hetero) is 1. The van der Waals surface area contributed by atoms with Gasteiger partial charge in [0.25, 0.3) is 0 Å². The number of sulfonamides is 1. The number of fused-ring (bicyclic) bond motifs is 1. The molecule has 166 valence electrons. The molecule has 1 aromatic heterocycles. The van der Waals surface area contributed by atoms with E-state index in [9.17, 15) is 18.0 Å². The number of carbonyl (C=O) groups excluding carboxylic acids is 2. The van der Waals surface area contributed by atoms with Crippen molar-refractivity contribution < 1.29 is 31.9 Å². The molecule has 3 aromatic rings. The SMILES string of the molecule is Cc1ccc(S(=O)(=O)NCc2ccco2)cc1C(=O)OCC(=O)c1ccc2c(c1)CCO2. The molecule has 0 amide bonds. The first-order chi connectivity index (χ1) is 15.3. The van der Waals surface area contributed by atoms with Crippen LogP contribution in [0, 0.1) is 6.92 Å². The largest absolute Gasteiger partial charge is 0.493 e. The number of benzene rings is 2. The summed E-state index contributed by atoms with van der Waals surface area (Å²) >= 11 is 0. The second kappa shape index (κ2) is 8.97. The van der Waals surface area contributed by atoms with Gasteiger partial charge in [-0.25, -0.2) is 17.9 Å². The number of nitrogens with one attached hydrogen (secondary N) is 1. The van der Waals surface area contributed by atoms with Crippen LogP contribution in [0.5, 0.6) is 5.75 Å². The van der Waals surface area contributed by atoms with Gasteiger partial charge in [0.05, 0.1) is 29.9 Å². The number of furan rings is 1. The Morgan fingerprint density at radius 1 is 1.12 bits per heavy atom. The molecule has 0 saturated carbocycles. The molecule has 1 aliphatic rings. The maximum atomic E-state index is 12.6. The number of ether oxygens (including phenoxy) is 2. The van der Waals surface area contributed by atoms with Gasteiger partial charge in [0.2, 0.25) is 10.0 Å². The van der Waals surface area contributed by atoms with E-state index in [1.165, 1.54) is 24.5 Å². The molecule has 9 heteroatoms. The van der Waals surface area contributed by atoms with Crippen molar-refractivity contribution in [1.29, 1.82) is 0 Å². The minimum absolute atomic E-state index is 0.0245. The average Bonchev–Trinajstić information content (AvgIpc) is 3.47. The molecule has 0 saturated heterocycles. The zero-order valence-electron chi connectivity index (χ0n) is 17.3. The van der Waals surface area contributed by atoms with Crippen LogP contribution in [-0.2, 0) is 27.7 Å². The van der Waals surface area contributed by atoms with E-state index < -0.39 is 22.6 Å². The lowest BCUT2D eigenvalue weighted by Gasteiger charge is -2.10. The zero-order valence-corrected chi connectivity index (χ0v) is 18.1. The Hall–Kier alpha value is -3.43. The highest BCUT2D eigenvalue weighted by Gasteiger charge is 2.21. The van der Waals surface area contributed by atoms with E-state index >= 15 is 0 Å². The van der Waals surface area contributed by atoms with Crippen LogP contribution in [0.15, 0.2) is 64.1 Å². The molecule has 1 N–H and O–H groups in total. The van der Waals surface area contributed by atoms with Gasteiger partial charge in [0.15, 0.2) is 12.4 Å². The van der Waals surface area contributed by atoms with Crippen LogP contribution in [-0.4, -0.2) is 33.4 Å². The molecule has 0 atom stereocenters. The maximum Gasteiger partial charge on any atom is 0.338 e. The van der Waals surface area contributed by atoms with Gasteiger partial charge in [0.1, 0.15) is 11.5 Å². The standard InChI is InChI=1S/C23H21NO7S/c1-15-4-6-19(32(27,28)24-13-18-3-2-9-29-18)12-20(15)23(26)31-14-21(25)16-5-7-22-17(11-16)8-10-30-22/h2-7,9,11-12,24H,8,10,13-14H2,1H3. The van der Waals surface area contributed by atoms with Crippen molar-refractivity contribution in [3.63, 3.8) is 0 Å². The first-order valence-electron chi connectivity index (χ1n) is 9.92. The summed E-state index contributed by atoms with van der Waals surface area (Å²) in [6.45, 7) is 1.76. The maximum absolute atomic E-state index is 12.6. The summed E-state index contributed by atoms with van der Waals surface area (Å²) in [4.78, 5) is 25.0. The summed E-state index contributed by atoms with van der Waals surface area (Å²) in [5.74, 6) is 0.0859. The number of hydrogen-bond donors (Lipinski definition) is 1. The van der Waals surface area contributed by atoms with Gasteiger partial charge in [-0.1, -0.05) is 6.07 Å². The lowest BCUT2D eigenvalue weighted by Crippen LogP contribution is -2.23. The zero-order chi connectivity index (χ0) is 22.7. The fraction of sp³-hybridized carbons (Fsp3) is 0.217. The smallest absolute Gasteiger partial charge is 0.338 e. The molecule has 0 spiro atoms. The van der Waals surface area contributed by atoms with Gasteiger partial charge in [-0.05, 0) is 60.5 Å². The van der Waals surface area contributed by atoms with Crippen molar-refractivity contribution in [1.82, 2.24) is 4.72 Å². The van der Waals surface area contributed by atoms with Crippen LogP contribution in [0.25, 0.3) is 0 Å². The van der Waals surface area contributed by atoms with Gasteiger partial charge in [0, 0.05) is 12.0 Å². The fourth-order valence-corrected chi connectivity index (χ4v) is 4.32. The summed E-state index contributed by atoms with van der Waals surface area (Å²) in [7, 11) is -3.89. The summed E-state index contributed by atoms with van der Waals surface area (Å²) in [6.07, 6.45) is 2.17. The molecule has 4 rings (SSSR count). The highest BCUT2D eigenvalue weighted by atomic mass is 32.2. The first-order valence-corrected chi connectivity index (χ1v) is 11.4. The molecule has 0 bridgehead atoms. The van der Waals surface area contributed by atoms with E-state index in [-0.39, 0.29) is 22.8 Å². The highest BCUT2D eigenvalue weighted by Crippen LogP contribution is 2.26. The molecular formula is C23H21NO7S. The van der Waals surface area contributed by atoms with Crippen molar-refractivity contribution in [2.45, 2.75) is 24.8 Å². The van der Waals surface area contributed by atoms with Gasteiger partial charge < -0.3 is 13.9 Å². The van der Waals surface area contributed by atoms with Crippen molar-refractivity contribution in [2.75, 3.05) is 13.2 Å². The summed E-state index contributed by atoms with van der Waals surface area (Å²) in [6, 6.07) is 12.5. The molecule has 0 aliphatic carbocycles. The van der Waals surface area contributed by atoms with E-state index in [2.05, 4.69) is 4.72 Å². The second-order valence-corrected chi connectivity index (χ2v) is 9.07. The molecule has 8 nitrogen and oxygen atoms in total. The van der Waals surface area contributed by atoms with Crippen molar-refractivity contribution >= 4 is 21.8 Å². The van der Waals surface area contributed by atoms with Crippen LogP contribution in [0.3, 0.4) is 0 Å². The topological polar surface area (TPSA) is 112 Å². The third-order valence-corrected chi connectivity index (χ3v) is 6.50. The van der Waals surface area contributed by atoms with Crippen LogP contribution in [0.1, 0.15) is 37.6 Å². The monoisotopic (exact) mass is 455 g/mol. The summed E-state index contributed by atoms with van der Waals surface area (Å²) < 4.78 is 43.3. The third kappa shape index (κ3) is 4.74. The fourth-order valence-electron chi connectivity index (χ4n) is 3.30. The molecule has 1 aliphatic heterocycles. The molecule has 2 heterocycles. The van der Waals surface area contributed by atoms with Crippen LogP contribution in [0.2, 0.25) is 0 Å². The number of ketones is 1. The van der Waals surface area contributed by atoms with E-state index in [0.29, 0.717) is 23.5 Å². The predicted octanol–water partition coefficient (Wildman–Crippen LogP) is 3.04. The van der Waals surface area contributed by atoms with Crippen LogP contribution < -0.4 is 9.46 Å². The number of carbonyl (C=O) groups is 2. The first kappa shape index (κ1) is 21.8. The Balaban J connectivity index is 1.43. The van der Waals surface area contributed by atoms with E-state index in [1.807, 2.05) is 0 Å². The summed E-state index contributed by atoms with van der Waals surface area (Å²) in [5, 5.41) is 0. The Bertz CT molecular complexity index is 1260. The van der Waals surface area contributed by atoms with Crippen molar-refractivity contribution in [3.05, 3.63) is 82.8 Å². The van der Waals surface area contributed by atoms with Crippen molar-refractivity contribution in [3.8, 4) is 5.75 Å².